The second-order valence-corrected chi connectivity index (χ2v) is 5.71. The number of rotatable bonds is 9. The maximum absolute atomic E-state index is 11.5. The van der Waals surface area contributed by atoms with Crippen LogP contribution in [0.3, 0.4) is 0 Å². The molecule has 0 fully saturated rings. The molecule has 0 aliphatic rings. The molecule has 0 saturated carbocycles. The first-order chi connectivity index (χ1) is 11.6. The average Bonchev–Trinajstić information content (AvgIpc) is 2.58. The summed E-state index contributed by atoms with van der Waals surface area (Å²) in [4.78, 5) is 22.9. The van der Waals surface area contributed by atoms with Crippen LogP contribution < -0.4 is 5.32 Å². The molecule has 2 rings (SSSR count). The Morgan fingerprint density at radius 3 is 1.75 bits per heavy atom. The summed E-state index contributed by atoms with van der Waals surface area (Å²) in [5, 5.41) is 21.6. The summed E-state index contributed by atoms with van der Waals surface area (Å²) in [5.74, 6) is -2.59. The Labute approximate surface area is 141 Å². The third kappa shape index (κ3) is 5.52. The van der Waals surface area contributed by atoms with Gasteiger partial charge in [-0.3, -0.25) is 9.59 Å². The van der Waals surface area contributed by atoms with Gasteiger partial charge >= 0.3 is 11.9 Å². The van der Waals surface area contributed by atoms with E-state index in [4.69, 9.17) is 0 Å². The molecule has 2 atom stereocenters. The van der Waals surface area contributed by atoms with Crippen LogP contribution in [-0.2, 0) is 22.4 Å². The average molecular weight is 327 g/mol. The summed E-state index contributed by atoms with van der Waals surface area (Å²) < 4.78 is 0. The maximum Gasteiger partial charge on any atom is 0.321 e. The van der Waals surface area contributed by atoms with E-state index in [0.29, 0.717) is 12.8 Å². The first kappa shape index (κ1) is 17.7. The summed E-state index contributed by atoms with van der Waals surface area (Å²) in [6.07, 6.45) is 0.675. The predicted octanol–water partition coefficient (Wildman–Crippen LogP) is 2.22. The number of aliphatic carboxylic acids is 2. The van der Waals surface area contributed by atoms with Gasteiger partial charge in [-0.1, -0.05) is 60.7 Å². The molecule has 5 heteroatoms. The van der Waals surface area contributed by atoms with Crippen LogP contribution in [0.2, 0.25) is 0 Å². The molecule has 0 bridgehead atoms. The van der Waals surface area contributed by atoms with E-state index in [-0.39, 0.29) is 6.54 Å². The molecule has 0 aliphatic carbocycles. The van der Waals surface area contributed by atoms with E-state index in [1.54, 1.807) is 0 Å². The zero-order valence-electron chi connectivity index (χ0n) is 13.3. The lowest BCUT2D eigenvalue weighted by molar-refractivity contribution is -0.143. The van der Waals surface area contributed by atoms with Gasteiger partial charge in [-0.05, 0) is 24.0 Å². The van der Waals surface area contributed by atoms with E-state index in [0.717, 1.165) is 11.1 Å². The number of hydrogen-bond donors (Lipinski definition) is 3. The van der Waals surface area contributed by atoms with Crippen molar-refractivity contribution >= 4 is 11.9 Å². The van der Waals surface area contributed by atoms with Crippen LogP contribution in [0.4, 0.5) is 0 Å². The van der Waals surface area contributed by atoms with Crippen molar-refractivity contribution in [2.45, 2.75) is 18.9 Å². The first-order valence-corrected chi connectivity index (χ1v) is 7.83. The third-order valence-electron chi connectivity index (χ3n) is 3.87. The number of nitrogens with one attached hydrogen (secondary N) is 1. The number of carboxylic acids is 2. The highest BCUT2D eigenvalue weighted by atomic mass is 16.4. The normalized spacial score (nSPS) is 13.2. The summed E-state index contributed by atoms with van der Waals surface area (Å²) in [5.41, 5.74) is 1.81. The number of carbonyl (C=O) groups is 2. The second kappa shape index (κ2) is 8.84. The molecular formula is C19H21NO4. The van der Waals surface area contributed by atoms with E-state index in [9.17, 15) is 19.8 Å². The predicted molar refractivity (Wildman–Crippen MR) is 90.8 cm³/mol. The lowest BCUT2D eigenvalue weighted by Crippen LogP contribution is -2.43. The Morgan fingerprint density at radius 1 is 0.792 bits per heavy atom. The number of carboxylic acid groups (broad SMARTS) is 2. The Kier molecular flexibility index (Phi) is 6.51. The highest BCUT2D eigenvalue weighted by Gasteiger charge is 2.23. The Balaban J connectivity index is 1.97. The summed E-state index contributed by atoms with van der Waals surface area (Å²) in [6, 6.07) is 17.8. The number of benzene rings is 2. The standard InChI is InChI=1S/C19H21NO4/c21-18(22)16(11-14-7-3-1-4-8-14)13-20-17(19(23)24)12-15-9-5-2-6-10-15/h1-10,16-17,20H,11-13H2,(H,21,22)(H,23,24)/t16-,17+/m1/s1. The minimum absolute atomic E-state index is 0.105. The van der Waals surface area contributed by atoms with Gasteiger partial charge in [0.1, 0.15) is 6.04 Å². The molecule has 0 radical (unpaired) electrons. The van der Waals surface area contributed by atoms with Crippen molar-refractivity contribution < 1.29 is 19.8 Å². The van der Waals surface area contributed by atoms with Gasteiger partial charge in [-0.2, -0.15) is 0 Å². The van der Waals surface area contributed by atoms with E-state index in [2.05, 4.69) is 5.32 Å². The zero-order chi connectivity index (χ0) is 17.4. The fourth-order valence-corrected chi connectivity index (χ4v) is 2.53. The topological polar surface area (TPSA) is 86.6 Å². The lowest BCUT2D eigenvalue weighted by Gasteiger charge is -2.18. The van der Waals surface area contributed by atoms with E-state index >= 15 is 0 Å². The third-order valence-corrected chi connectivity index (χ3v) is 3.87. The minimum Gasteiger partial charge on any atom is -0.481 e. The molecule has 0 amide bonds. The molecule has 2 aromatic rings. The molecule has 0 spiro atoms. The number of hydrogen-bond acceptors (Lipinski definition) is 3. The van der Waals surface area contributed by atoms with Gasteiger partial charge in [0.2, 0.25) is 0 Å². The van der Waals surface area contributed by atoms with Crippen LogP contribution >= 0.6 is 0 Å². The molecule has 5 nitrogen and oxygen atoms in total. The largest absolute Gasteiger partial charge is 0.481 e. The van der Waals surface area contributed by atoms with Gasteiger partial charge in [0, 0.05) is 6.54 Å². The summed E-state index contributed by atoms with van der Waals surface area (Å²) in [6.45, 7) is 0.105. The van der Waals surface area contributed by atoms with Crippen molar-refractivity contribution in [1.29, 1.82) is 0 Å². The second-order valence-electron chi connectivity index (χ2n) is 5.71. The SMILES string of the molecule is O=C(O)[C@@H](CN[C@@H](Cc1ccccc1)C(=O)O)Cc1ccccc1. The first-order valence-electron chi connectivity index (χ1n) is 7.83. The van der Waals surface area contributed by atoms with Gasteiger partial charge in [0.15, 0.2) is 0 Å². The van der Waals surface area contributed by atoms with Gasteiger partial charge in [-0.25, -0.2) is 0 Å². The van der Waals surface area contributed by atoms with Crippen molar-refractivity contribution in [2.75, 3.05) is 6.54 Å². The minimum atomic E-state index is -0.984. The molecule has 0 heterocycles. The Morgan fingerprint density at radius 2 is 1.29 bits per heavy atom. The van der Waals surface area contributed by atoms with Crippen molar-refractivity contribution in [2.24, 2.45) is 5.92 Å². The van der Waals surface area contributed by atoms with Crippen molar-refractivity contribution in [3.63, 3.8) is 0 Å². The van der Waals surface area contributed by atoms with E-state index < -0.39 is 23.9 Å². The van der Waals surface area contributed by atoms with Crippen LogP contribution in [0.25, 0.3) is 0 Å². The van der Waals surface area contributed by atoms with E-state index in [1.165, 1.54) is 0 Å². The van der Waals surface area contributed by atoms with E-state index in [1.807, 2.05) is 60.7 Å². The molecule has 3 N–H and O–H groups in total. The zero-order valence-corrected chi connectivity index (χ0v) is 13.3. The van der Waals surface area contributed by atoms with Crippen molar-refractivity contribution in [3.05, 3.63) is 71.8 Å². The lowest BCUT2D eigenvalue weighted by atomic mass is 9.98. The fraction of sp³-hybridized carbons (Fsp3) is 0.263. The van der Waals surface area contributed by atoms with Crippen molar-refractivity contribution in [3.8, 4) is 0 Å². The van der Waals surface area contributed by atoms with Crippen LogP contribution in [0.5, 0.6) is 0 Å². The fourth-order valence-electron chi connectivity index (χ4n) is 2.53. The molecule has 0 saturated heterocycles. The van der Waals surface area contributed by atoms with Crippen LogP contribution in [0.15, 0.2) is 60.7 Å². The van der Waals surface area contributed by atoms with Gasteiger partial charge < -0.3 is 15.5 Å². The van der Waals surface area contributed by atoms with Crippen LogP contribution in [0, 0.1) is 5.92 Å². The molecule has 0 aromatic heterocycles. The molecule has 0 unspecified atom stereocenters. The highest BCUT2D eigenvalue weighted by Crippen LogP contribution is 2.10. The summed E-state index contributed by atoms with van der Waals surface area (Å²) >= 11 is 0. The monoisotopic (exact) mass is 327 g/mol. The highest BCUT2D eigenvalue weighted by molar-refractivity contribution is 5.74. The Bertz CT molecular complexity index is 598. The molecular weight excluding hydrogens is 306 g/mol. The molecule has 24 heavy (non-hydrogen) atoms. The quantitative estimate of drug-likeness (QED) is 0.657. The van der Waals surface area contributed by atoms with Gasteiger partial charge in [0.25, 0.3) is 0 Å². The molecule has 2 aromatic carbocycles. The van der Waals surface area contributed by atoms with Crippen LogP contribution in [-0.4, -0.2) is 34.7 Å². The Hall–Kier alpha value is -2.66. The molecule has 0 aliphatic heterocycles. The maximum atomic E-state index is 11.5. The summed E-state index contributed by atoms with van der Waals surface area (Å²) in [7, 11) is 0. The van der Waals surface area contributed by atoms with Gasteiger partial charge in [0.05, 0.1) is 5.92 Å². The van der Waals surface area contributed by atoms with Crippen LogP contribution in [0.1, 0.15) is 11.1 Å². The van der Waals surface area contributed by atoms with Crippen molar-refractivity contribution in [1.82, 2.24) is 5.32 Å². The molecule has 126 valence electrons. The van der Waals surface area contributed by atoms with Gasteiger partial charge in [-0.15, -0.1) is 0 Å². The smallest absolute Gasteiger partial charge is 0.321 e.